The molecule has 0 saturated carbocycles. The van der Waals surface area contributed by atoms with Crippen molar-refractivity contribution in [3.05, 3.63) is 0 Å². The first-order valence-corrected chi connectivity index (χ1v) is 4.21. The Hall–Kier alpha value is -0.0800. The van der Waals surface area contributed by atoms with Gasteiger partial charge in [-0.1, -0.05) is 13.8 Å². The van der Waals surface area contributed by atoms with E-state index in [1.165, 1.54) is 0 Å². The lowest BCUT2D eigenvalue weighted by atomic mass is 9.91. The van der Waals surface area contributed by atoms with Gasteiger partial charge in [0.1, 0.15) is 0 Å². The Kier molecular flexibility index (Phi) is 4.04. The van der Waals surface area contributed by atoms with Crippen molar-refractivity contribution in [2.75, 3.05) is 7.11 Å². The summed E-state index contributed by atoms with van der Waals surface area (Å²) in [5.74, 6) is 0.638. The van der Waals surface area contributed by atoms with Crippen molar-refractivity contribution in [3.63, 3.8) is 0 Å². The van der Waals surface area contributed by atoms with Crippen molar-refractivity contribution in [1.29, 1.82) is 0 Å². The standard InChI is InChI=1S/C9H21NO/c1-7(2)6-8(10)9(3,4)11-5/h7-8H,6,10H2,1-5H3/t8-/m1/s1. The van der Waals surface area contributed by atoms with Crippen LogP contribution in [0.3, 0.4) is 0 Å². The molecule has 11 heavy (non-hydrogen) atoms. The minimum absolute atomic E-state index is 0.132. The van der Waals surface area contributed by atoms with E-state index >= 15 is 0 Å². The normalized spacial score (nSPS) is 15.5. The average molecular weight is 159 g/mol. The van der Waals surface area contributed by atoms with Gasteiger partial charge in [-0.15, -0.1) is 0 Å². The number of nitrogens with two attached hydrogens (primary N) is 1. The van der Waals surface area contributed by atoms with E-state index in [0.29, 0.717) is 5.92 Å². The van der Waals surface area contributed by atoms with Gasteiger partial charge in [-0.05, 0) is 26.2 Å². The summed E-state index contributed by atoms with van der Waals surface area (Å²) in [4.78, 5) is 0. The summed E-state index contributed by atoms with van der Waals surface area (Å²) in [6, 6.07) is 0.132. The first-order valence-electron chi connectivity index (χ1n) is 4.21. The summed E-state index contributed by atoms with van der Waals surface area (Å²) in [7, 11) is 1.71. The Labute approximate surface area is 70.1 Å². The SMILES string of the molecule is COC(C)(C)[C@H](N)CC(C)C. The monoisotopic (exact) mass is 159 g/mol. The van der Waals surface area contributed by atoms with Gasteiger partial charge in [0.2, 0.25) is 0 Å². The fraction of sp³-hybridized carbons (Fsp3) is 1.00. The molecule has 0 saturated heterocycles. The third-order valence-corrected chi connectivity index (χ3v) is 2.14. The summed E-state index contributed by atoms with van der Waals surface area (Å²) >= 11 is 0. The number of ether oxygens (including phenoxy) is 1. The minimum atomic E-state index is -0.190. The van der Waals surface area contributed by atoms with E-state index in [4.69, 9.17) is 10.5 Å². The maximum absolute atomic E-state index is 5.94. The lowest BCUT2D eigenvalue weighted by Gasteiger charge is -2.31. The second kappa shape index (κ2) is 4.07. The number of rotatable bonds is 4. The molecule has 0 aliphatic heterocycles. The van der Waals surface area contributed by atoms with E-state index in [2.05, 4.69) is 13.8 Å². The zero-order valence-electron chi connectivity index (χ0n) is 8.35. The molecule has 2 heteroatoms. The molecular formula is C9H21NO. The number of methoxy groups -OCH3 is 1. The van der Waals surface area contributed by atoms with Gasteiger partial charge in [0.15, 0.2) is 0 Å². The fourth-order valence-corrected chi connectivity index (χ4v) is 0.943. The van der Waals surface area contributed by atoms with Crippen LogP contribution in [0.2, 0.25) is 0 Å². The van der Waals surface area contributed by atoms with Crippen molar-refractivity contribution in [1.82, 2.24) is 0 Å². The third-order valence-electron chi connectivity index (χ3n) is 2.14. The molecular weight excluding hydrogens is 138 g/mol. The quantitative estimate of drug-likeness (QED) is 0.678. The van der Waals surface area contributed by atoms with Gasteiger partial charge in [-0.2, -0.15) is 0 Å². The predicted octanol–water partition coefficient (Wildman–Crippen LogP) is 1.78. The second-order valence-corrected chi connectivity index (χ2v) is 4.04. The second-order valence-electron chi connectivity index (χ2n) is 4.04. The highest BCUT2D eigenvalue weighted by Crippen LogP contribution is 2.17. The highest BCUT2D eigenvalue weighted by Gasteiger charge is 2.25. The van der Waals surface area contributed by atoms with Crippen LogP contribution in [0.15, 0.2) is 0 Å². The topological polar surface area (TPSA) is 35.2 Å². The van der Waals surface area contributed by atoms with E-state index < -0.39 is 0 Å². The Morgan fingerprint density at radius 3 is 2.09 bits per heavy atom. The zero-order chi connectivity index (χ0) is 9.07. The molecule has 0 aliphatic carbocycles. The van der Waals surface area contributed by atoms with E-state index in [1.54, 1.807) is 7.11 Å². The smallest absolute Gasteiger partial charge is 0.0773 e. The van der Waals surface area contributed by atoms with Gasteiger partial charge in [0.25, 0.3) is 0 Å². The van der Waals surface area contributed by atoms with Crippen LogP contribution in [0.25, 0.3) is 0 Å². The van der Waals surface area contributed by atoms with Crippen LogP contribution in [0.4, 0.5) is 0 Å². The van der Waals surface area contributed by atoms with Crippen LogP contribution in [-0.2, 0) is 4.74 Å². The predicted molar refractivity (Wildman–Crippen MR) is 48.5 cm³/mol. The van der Waals surface area contributed by atoms with Crippen molar-refractivity contribution < 1.29 is 4.74 Å². The molecule has 2 nitrogen and oxygen atoms in total. The summed E-state index contributed by atoms with van der Waals surface area (Å²) in [5.41, 5.74) is 5.75. The third kappa shape index (κ3) is 3.73. The molecule has 1 atom stereocenters. The molecule has 68 valence electrons. The molecule has 0 heterocycles. The van der Waals surface area contributed by atoms with Crippen LogP contribution in [0.5, 0.6) is 0 Å². The molecule has 0 bridgehead atoms. The van der Waals surface area contributed by atoms with E-state index in [-0.39, 0.29) is 11.6 Å². The molecule has 0 spiro atoms. The van der Waals surface area contributed by atoms with E-state index in [0.717, 1.165) is 6.42 Å². The maximum atomic E-state index is 5.94. The number of hydrogen-bond acceptors (Lipinski definition) is 2. The molecule has 0 aromatic rings. The van der Waals surface area contributed by atoms with Gasteiger partial charge in [-0.3, -0.25) is 0 Å². The Morgan fingerprint density at radius 2 is 1.82 bits per heavy atom. The van der Waals surface area contributed by atoms with Gasteiger partial charge >= 0.3 is 0 Å². The average Bonchev–Trinajstić information content (AvgIpc) is 1.86. The molecule has 0 unspecified atom stereocenters. The highest BCUT2D eigenvalue weighted by atomic mass is 16.5. The highest BCUT2D eigenvalue weighted by molar-refractivity contribution is 4.82. The minimum Gasteiger partial charge on any atom is -0.377 e. The lowest BCUT2D eigenvalue weighted by Crippen LogP contribution is -2.45. The van der Waals surface area contributed by atoms with Crippen molar-refractivity contribution in [2.24, 2.45) is 11.7 Å². The van der Waals surface area contributed by atoms with Gasteiger partial charge < -0.3 is 10.5 Å². The largest absolute Gasteiger partial charge is 0.377 e. The molecule has 0 aliphatic rings. The molecule has 0 radical (unpaired) electrons. The zero-order valence-corrected chi connectivity index (χ0v) is 8.35. The van der Waals surface area contributed by atoms with Gasteiger partial charge in [0.05, 0.1) is 5.60 Å². The maximum Gasteiger partial charge on any atom is 0.0773 e. The first-order chi connectivity index (χ1) is 4.90. The lowest BCUT2D eigenvalue weighted by molar-refractivity contribution is -0.00438. The fourth-order valence-electron chi connectivity index (χ4n) is 0.943. The van der Waals surface area contributed by atoms with Gasteiger partial charge in [0, 0.05) is 13.2 Å². The van der Waals surface area contributed by atoms with E-state index in [9.17, 15) is 0 Å². The summed E-state index contributed by atoms with van der Waals surface area (Å²) in [6.07, 6.45) is 1.01. The molecule has 2 N–H and O–H groups in total. The Balaban J connectivity index is 3.90. The molecule has 0 rings (SSSR count). The van der Waals surface area contributed by atoms with Crippen molar-refractivity contribution in [2.45, 2.75) is 45.8 Å². The summed E-state index contributed by atoms with van der Waals surface area (Å²) < 4.78 is 5.28. The molecule has 0 aromatic carbocycles. The van der Waals surface area contributed by atoms with Crippen LogP contribution in [0.1, 0.15) is 34.1 Å². The first kappa shape index (κ1) is 10.9. The van der Waals surface area contributed by atoms with Crippen LogP contribution in [-0.4, -0.2) is 18.8 Å². The van der Waals surface area contributed by atoms with Crippen LogP contribution >= 0.6 is 0 Å². The van der Waals surface area contributed by atoms with Crippen LogP contribution < -0.4 is 5.73 Å². The van der Waals surface area contributed by atoms with Crippen molar-refractivity contribution in [3.8, 4) is 0 Å². The number of hydrogen-bond donors (Lipinski definition) is 1. The molecule has 0 amide bonds. The van der Waals surface area contributed by atoms with Crippen LogP contribution in [0, 0.1) is 5.92 Å². The van der Waals surface area contributed by atoms with E-state index in [1.807, 2.05) is 13.8 Å². The Bertz CT molecular complexity index is 110. The summed E-state index contributed by atoms with van der Waals surface area (Å²) in [5, 5.41) is 0. The molecule has 0 aromatic heterocycles. The Morgan fingerprint density at radius 1 is 1.36 bits per heavy atom. The molecule has 0 fully saturated rings. The summed E-state index contributed by atoms with van der Waals surface area (Å²) in [6.45, 7) is 8.40. The van der Waals surface area contributed by atoms with Gasteiger partial charge in [-0.25, -0.2) is 0 Å². The van der Waals surface area contributed by atoms with Crippen molar-refractivity contribution >= 4 is 0 Å².